The molecule has 0 fully saturated rings. The summed E-state index contributed by atoms with van der Waals surface area (Å²) in [5.74, 6) is 0. The van der Waals surface area contributed by atoms with Gasteiger partial charge in [-0.3, -0.25) is 0 Å². The predicted molar refractivity (Wildman–Crippen MR) is 110 cm³/mol. The zero-order valence-electron chi connectivity index (χ0n) is 14.1. The van der Waals surface area contributed by atoms with Crippen LogP contribution in [0.1, 0.15) is 13.8 Å². The van der Waals surface area contributed by atoms with Gasteiger partial charge in [0.25, 0.3) is 0 Å². The third kappa shape index (κ3) is 3.00. The summed E-state index contributed by atoms with van der Waals surface area (Å²) in [5.41, 5.74) is 0. The monoisotopic (exact) mass is 377 g/mol. The van der Waals surface area contributed by atoms with Gasteiger partial charge in [0.15, 0.2) is 0 Å². The molecule has 127 valence electrons. The zero-order chi connectivity index (χ0) is 16.8. The SMILES string of the molecule is C/[CH]=[Ni](=[CH]\C)/[PH](c1ccccc1)(c1ccccc1)c1ccccc1. The summed E-state index contributed by atoms with van der Waals surface area (Å²) < 4.78 is 0. The average Bonchev–Trinajstić information content (AvgIpc) is 2.68. The Balaban J connectivity index is 2.47. The quantitative estimate of drug-likeness (QED) is 0.478. The standard InChI is InChI=1S/C18H15P.2C2H4.Ni/c1-4-10-16(11-5-1)19(17-12-6-2-7-13-17)18-14-8-3-9-15-18;2*1-2;/h1-15H;2*1H,2H3;/q;;;-1/p+1. The molecule has 0 saturated carbocycles. The Bertz CT molecular complexity index is 755. The Morgan fingerprint density at radius 1 is 0.542 bits per heavy atom. The molecule has 2 heteroatoms. The minimum atomic E-state index is -2.12. The van der Waals surface area contributed by atoms with Gasteiger partial charge in [-0.2, -0.15) is 0 Å². The Morgan fingerprint density at radius 3 is 1.08 bits per heavy atom. The second-order valence-corrected chi connectivity index (χ2v) is 14.1. The normalized spacial score (nSPS) is 14.5. The molecule has 3 aromatic rings. The van der Waals surface area contributed by atoms with E-state index in [9.17, 15) is 0 Å². The molecule has 0 aliphatic carbocycles. The van der Waals surface area contributed by atoms with Crippen LogP contribution in [0.15, 0.2) is 91.0 Å². The van der Waals surface area contributed by atoms with E-state index >= 15 is 0 Å². The van der Waals surface area contributed by atoms with Crippen molar-refractivity contribution >= 4 is 31.9 Å². The fourth-order valence-electron chi connectivity index (χ4n) is 3.17. The molecule has 0 aliphatic heterocycles. The van der Waals surface area contributed by atoms with Crippen molar-refractivity contribution in [3.63, 3.8) is 0 Å². The van der Waals surface area contributed by atoms with Crippen LogP contribution < -0.4 is 15.9 Å². The van der Waals surface area contributed by atoms with Crippen LogP contribution >= 0.6 is 6.04 Å². The van der Waals surface area contributed by atoms with Crippen LogP contribution in [-0.2, 0) is 12.1 Å². The molecule has 0 saturated heterocycles. The van der Waals surface area contributed by atoms with Crippen LogP contribution in [0, 0.1) is 0 Å². The topological polar surface area (TPSA) is 0 Å². The van der Waals surface area contributed by atoms with Crippen molar-refractivity contribution in [3.8, 4) is 0 Å². The summed E-state index contributed by atoms with van der Waals surface area (Å²) in [7, 11) is 0. The molecule has 0 nitrogen and oxygen atoms in total. The van der Waals surface area contributed by atoms with Gasteiger partial charge in [-0.25, -0.2) is 0 Å². The van der Waals surface area contributed by atoms with Crippen molar-refractivity contribution in [1.29, 1.82) is 0 Å². The van der Waals surface area contributed by atoms with Crippen molar-refractivity contribution in [2.24, 2.45) is 0 Å². The first-order valence-electron chi connectivity index (χ1n) is 8.16. The summed E-state index contributed by atoms with van der Waals surface area (Å²) in [6.45, 7) is 4.43. The summed E-state index contributed by atoms with van der Waals surface area (Å²) in [5, 5.41) is 4.44. The fourth-order valence-corrected chi connectivity index (χ4v) is 14.6. The van der Waals surface area contributed by atoms with Gasteiger partial charge in [0.1, 0.15) is 0 Å². The Hall–Kier alpha value is -1.68. The van der Waals surface area contributed by atoms with Crippen molar-refractivity contribution < 1.29 is 12.1 Å². The third-order valence-corrected chi connectivity index (χ3v) is 15.8. The van der Waals surface area contributed by atoms with E-state index in [0.717, 1.165) is 0 Å². The molecule has 0 atom stereocenters. The van der Waals surface area contributed by atoms with Gasteiger partial charge >= 0.3 is 149 Å². The van der Waals surface area contributed by atoms with E-state index in [1.54, 1.807) is 0 Å². The van der Waals surface area contributed by atoms with Crippen LogP contribution in [0.25, 0.3) is 0 Å². The van der Waals surface area contributed by atoms with E-state index < -0.39 is 6.04 Å². The van der Waals surface area contributed by atoms with Crippen LogP contribution in [0.2, 0.25) is 0 Å². The average molecular weight is 378 g/mol. The third-order valence-electron chi connectivity index (χ3n) is 4.13. The molecule has 0 spiro atoms. The number of hydrogen-bond acceptors (Lipinski definition) is 0. The van der Waals surface area contributed by atoms with Crippen molar-refractivity contribution in [1.82, 2.24) is 0 Å². The van der Waals surface area contributed by atoms with Crippen molar-refractivity contribution in [2.75, 3.05) is 0 Å². The van der Waals surface area contributed by atoms with Crippen LogP contribution in [0.4, 0.5) is 0 Å². The van der Waals surface area contributed by atoms with Crippen LogP contribution in [-0.4, -0.2) is 9.99 Å². The van der Waals surface area contributed by atoms with Gasteiger partial charge < -0.3 is 0 Å². The van der Waals surface area contributed by atoms with Crippen LogP contribution in [0.3, 0.4) is 0 Å². The molecule has 3 rings (SSSR count). The summed E-state index contributed by atoms with van der Waals surface area (Å²) in [6.07, 6.45) is 0. The molecule has 24 heavy (non-hydrogen) atoms. The van der Waals surface area contributed by atoms with E-state index in [-0.39, 0.29) is 12.1 Å². The summed E-state index contributed by atoms with van der Waals surface area (Å²) >= 11 is -0.0657. The first-order chi connectivity index (χ1) is 11.8. The fraction of sp³-hybridized carbons (Fsp3) is 0.0909. The van der Waals surface area contributed by atoms with Crippen molar-refractivity contribution in [3.05, 3.63) is 91.0 Å². The number of hydrogen-bond donors (Lipinski definition) is 0. The van der Waals surface area contributed by atoms with Gasteiger partial charge in [-0.05, 0) is 0 Å². The second kappa shape index (κ2) is 7.93. The number of benzene rings is 3. The molecular formula is C22H24NiP. The molecule has 0 N–H and O–H groups in total. The van der Waals surface area contributed by atoms with E-state index in [1.807, 2.05) is 0 Å². The van der Waals surface area contributed by atoms with Gasteiger partial charge in [0, 0.05) is 0 Å². The Morgan fingerprint density at radius 2 is 0.833 bits per heavy atom. The summed E-state index contributed by atoms with van der Waals surface area (Å²) in [4.78, 5) is 4.83. The maximum atomic E-state index is 2.42. The molecule has 0 unspecified atom stereocenters. The molecule has 0 radical (unpaired) electrons. The molecular weight excluding hydrogens is 354 g/mol. The van der Waals surface area contributed by atoms with E-state index in [1.165, 1.54) is 15.9 Å². The van der Waals surface area contributed by atoms with E-state index in [2.05, 4.69) is 115 Å². The van der Waals surface area contributed by atoms with E-state index in [0.29, 0.717) is 0 Å². The van der Waals surface area contributed by atoms with Crippen molar-refractivity contribution in [2.45, 2.75) is 13.8 Å². The maximum absolute atomic E-state index is 2.42. The molecule has 0 bridgehead atoms. The molecule has 3 aromatic carbocycles. The molecule has 0 aliphatic rings. The van der Waals surface area contributed by atoms with Gasteiger partial charge in [-0.1, -0.05) is 0 Å². The minimum absolute atomic E-state index is 0.0657. The molecule has 0 heterocycles. The Kier molecular flexibility index (Phi) is 5.67. The van der Waals surface area contributed by atoms with Gasteiger partial charge in [0.05, 0.1) is 0 Å². The van der Waals surface area contributed by atoms with E-state index in [4.69, 9.17) is 0 Å². The molecule has 0 aromatic heterocycles. The van der Waals surface area contributed by atoms with Gasteiger partial charge in [0.2, 0.25) is 0 Å². The first-order valence-corrected chi connectivity index (χ1v) is 12.6. The van der Waals surface area contributed by atoms with Gasteiger partial charge in [-0.15, -0.1) is 0 Å². The molecule has 0 amide bonds. The number of rotatable bonds is 4. The zero-order valence-corrected chi connectivity index (χ0v) is 16.1. The first kappa shape index (κ1) is 17.2. The second-order valence-electron chi connectivity index (χ2n) is 5.36. The Labute approximate surface area is 148 Å². The predicted octanol–water partition coefficient (Wildman–Crippen LogP) is 3.89. The summed E-state index contributed by atoms with van der Waals surface area (Å²) in [6, 6.07) is 31.2. The van der Waals surface area contributed by atoms with Crippen LogP contribution in [0.5, 0.6) is 0 Å².